The van der Waals surface area contributed by atoms with E-state index < -0.39 is 0 Å². The predicted octanol–water partition coefficient (Wildman–Crippen LogP) is 5.18. The third kappa shape index (κ3) is 4.59. The lowest BCUT2D eigenvalue weighted by Gasteiger charge is -2.26. The van der Waals surface area contributed by atoms with E-state index in [0.29, 0.717) is 6.42 Å². The molecular formula is C26H33N2O2. The van der Waals surface area contributed by atoms with E-state index >= 15 is 0 Å². The number of rotatable bonds is 7. The maximum Gasteiger partial charge on any atom is 0.231 e. The van der Waals surface area contributed by atoms with Crippen molar-refractivity contribution >= 4 is 16.8 Å². The number of fused-ring (bicyclic) bond motifs is 1. The largest absolute Gasteiger partial charge is 0.497 e. The summed E-state index contributed by atoms with van der Waals surface area (Å²) in [6.07, 6.45) is 3.30. The van der Waals surface area contributed by atoms with E-state index in [4.69, 9.17) is 4.74 Å². The number of hydrogen-bond donors (Lipinski definition) is 0. The lowest BCUT2D eigenvalue weighted by Crippen LogP contribution is -2.26. The van der Waals surface area contributed by atoms with Crippen LogP contribution in [0.5, 0.6) is 5.75 Å². The SMILES string of the molecule is COc1ccc2c(c1)c(CCN(C)C)cn2C(=O)CC(C)(C)c1[c]cc(C)cc1C. The smallest absolute Gasteiger partial charge is 0.231 e. The molecule has 1 aromatic heterocycles. The van der Waals surface area contributed by atoms with Crippen molar-refractivity contribution in [3.05, 3.63) is 64.8 Å². The fourth-order valence-corrected chi connectivity index (χ4v) is 4.19. The van der Waals surface area contributed by atoms with Gasteiger partial charge in [-0.1, -0.05) is 31.5 Å². The van der Waals surface area contributed by atoms with Crippen LogP contribution in [0.3, 0.4) is 0 Å². The summed E-state index contributed by atoms with van der Waals surface area (Å²) in [6, 6.07) is 13.5. The van der Waals surface area contributed by atoms with Crippen molar-refractivity contribution in [1.29, 1.82) is 0 Å². The van der Waals surface area contributed by atoms with Gasteiger partial charge in [0.1, 0.15) is 5.75 Å². The summed E-state index contributed by atoms with van der Waals surface area (Å²) in [4.78, 5) is 15.6. The molecule has 3 aromatic rings. The second-order valence-electron chi connectivity index (χ2n) is 9.15. The van der Waals surface area contributed by atoms with Crippen LogP contribution in [-0.2, 0) is 11.8 Å². The highest BCUT2D eigenvalue weighted by Gasteiger charge is 2.28. The number of aryl methyl sites for hydroxylation is 2. The van der Waals surface area contributed by atoms with Gasteiger partial charge in [0.05, 0.1) is 12.6 Å². The van der Waals surface area contributed by atoms with Crippen LogP contribution in [-0.4, -0.2) is 43.1 Å². The average molecular weight is 406 g/mol. The van der Waals surface area contributed by atoms with Gasteiger partial charge in [-0.2, -0.15) is 0 Å². The number of carbonyl (C=O) groups is 1. The van der Waals surface area contributed by atoms with Gasteiger partial charge in [0.2, 0.25) is 5.91 Å². The summed E-state index contributed by atoms with van der Waals surface area (Å²) < 4.78 is 7.25. The van der Waals surface area contributed by atoms with Crippen molar-refractivity contribution in [2.45, 2.75) is 46.0 Å². The molecule has 4 heteroatoms. The normalized spacial score (nSPS) is 12.0. The summed E-state index contributed by atoms with van der Waals surface area (Å²) in [5, 5.41) is 1.08. The standard InChI is InChI=1S/C26H33N2O2/c1-18-8-10-23(19(2)14-18)26(3,4)16-25(29)28-17-20(12-13-27(5)6)22-15-21(30-7)9-11-24(22)28/h8-9,11,14-15,17H,12-13,16H2,1-7H3. The first-order valence-corrected chi connectivity index (χ1v) is 10.5. The third-order valence-corrected chi connectivity index (χ3v) is 5.74. The van der Waals surface area contributed by atoms with Crippen LogP contribution in [0.1, 0.15) is 47.3 Å². The zero-order valence-electron chi connectivity index (χ0n) is 19.3. The van der Waals surface area contributed by atoms with Crippen molar-refractivity contribution < 1.29 is 9.53 Å². The highest BCUT2D eigenvalue weighted by Crippen LogP contribution is 2.32. The van der Waals surface area contributed by atoms with E-state index in [0.717, 1.165) is 35.2 Å². The van der Waals surface area contributed by atoms with Crippen molar-refractivity contribution in [2.24, 2.45) is 0 Å². The first-order valence-electron chi connectivity index (χ1n) is 10.5. The number of ether oxygens (including phenoxy) is 1. The summed E-state index contributed by atoms with van der Waals surface area (Å²) in [7, 11) is 5.80. The molecule has 0 unspecified atom stereocenters. The molecule has 2 aromatic carbocycles. The second-order valence-corrected chi connectivity index (χ2v) is 9.15. The first-order chi connectivity index (χ1) is 14.1. The molecular weight excluding hydrogens is 372 g/mol. The number of methoxy groups -OCH3 is 1. The highest BCUT2D eigenvalue weighted by atomic mass is 16.5. The first kappa shape index (κ1) is 22.1. The molecule has 0 bridgehead atoms. The topological polar surface area (TPSA) is 34.5 Å². The molecule has 0 saturated heterocycles. The molecule has 0 atom stereocenters. The van der Waals surface area contributed by atoms with Crippen molar-refractivity contribution in [1.82, 2.24) is 9.47 Å². The van der Waals surface area contributed by atoms with Gasteiger partial charge in [-0.3, -0.25) is 9.36 Å². The summed E-state index contributed by atoms with van der Waals surface area (Å²) in [6.45, 7) is 9.34. The number of nitrogens with zero attached hydrogens (tertiary/aromatic N) is 2. The second kappa shape index (κ2) is 8.65. The molecule has 0 aliphatic carbocycles. The maximum absolute atomic E-state index is 13.4. The molecule has 0 fully saturated rings. The fourth-order valence-electron chi connectivity index (χ4n) is 4.19. The Morgan fingerprint density at radius 3 is 2.57 bits per heavy atom. The van der Waals surface area contributed by atoms with Gasteiger partial charge in [0, 0.05) is 24.5 Å². The van der Waals surface area contributed by atoms with Gasteiger partial charge in [-0.05, 0) is 80.7 Å². The quantitative estimate of drug-likeness (QED) is 0.543. The molecule has 0 spiro atoms. The Bertz CT molecular complexity index is 1060. The Hall–Kier alpha value is -2.59. The zero-order valence-corrected chi connectivity index (χ0v) is 19.3. The molecule has 0 aliphatic rings. The Balaban J connectivity index is 1.97. The molecule has 159 valence electrons. The van der Waals surface area contributed by atoms with Gasteiger partial charge in [0.25, 0.3) is 0 Å². The fraction of sp³-hybridized carbons (Fsp3) is 0.423. The minimum Gasteiger partial charge on any atom is -0.497 e. The molecule has 0 aliphatic heterocycles. The van der Waals surface area contributed by atoms with E-state index in [-0.39, 0.29) is 11.3 Å². The lowest BCUT2D eigenvalue weighted by atomic mass is 9.78. The monoisotopic (exact) mass is 405 g/mol. The Kier molecular flexibility index (Phi) is 6.37. The van der Waals surface area contributed by atoms with Crippen molar-refractivity contribution in [2.75, 3.05) is 27.7 Å². The molecule has 3 rings (SSSR count). The van der Waals surface area contributed by atoms with Crippen LogP contribution in [0, 0.1) is 19.9 Å². The van der Waals surface area contributed by atoms with Crippen LogP contribution < -0.4 is 4.74 Å². The van der Waals surface area contributed by atoms with Crippen LogP contribution in [0.15, 0.2) is 36.5 Å². The van der Waals surface area contributed by atoms with Crippen LogP contribution in [0.25, 0.3) is 10.9 Å². The minimum atomic E-state index is -0.304. The summed E-state index contributed by atoms with van der Waals surface area (Å²) >= 11 is 0. The Morgan fingerprint density at radius 2 is 1.93 bits per heavy atom. The zero-order chi connectivity index (χ0) is 22.1. The number of carbonyl (C=O) groups excluding carboxylic acids is 1. The van der Waals surface area contributed by atoms with Crippen molar-refractivity contribution in [3.8, 4) is 5.75 Å². The third-order valence-electron chi connectivity index (χ3n) is 5.74. The van der Waals surface area contributed by atoms with Gasteiger partial charge in [-0.15, -0.1) is 0 Å². The Labute approximate surface area is 180 Å². The Morgan fingerprint density at radius 1 is 1.20 bits per heavy atom. The van der Waals surface area contributed by atoms with E-state index in [1.54, 1.807) is 7.11 Å². The van der Waals surface area contributed by atoms with Crippen LogP contribution in [0.2, 0.25) is 0 Å². The van der Waals surface area contributed by atoms with Crippen LogP contribution in [0.4, 0.5) is 0 Å². The van der Waals surface area contributed by atoms with E-state index in [1.165, 1.54) is 16.7 Å². The summed E-state index contributed by atoms with van der Waals surface area (Å²) in [5.74, 6) is 0.906. The number of hydrogen-bond acceptors (Lipinski definition) is 3. The molecule has 0 saturated carbocycles. The van der Waals surface area contributed by atoms with Gasteiger partial charge < -0.3 is 9.64 Å². The predicted molar refractivity (Wildman–Crippen MR) is 124 cm³/mol. The van der Waals surface area contributed by atoms with Gasteiger partial charge in [0.15, 0.2) is 0 Å². The molecule has 0 N–H and O–H groups in total. The summed E-state index contributed by atoms with van der Waals surface area (Å²) in [5.41, 5.74) is 5.28. The molecule has 1 heterocycles. The molecule has 30 heavy (non-hydrogen) atoms. The molecule has 0 amide bonds. The lowest BCUT2D eigenvalue weighted by molar-refractivity contribution is 0.0881. The van der Waals surface area contributed by atoms with Gasteiger partial charge in [-0.25, -0.2) is 0 Å². The molecule has 1 radical (unpaired) electrons. The average Bonchev–Trinajstić information content (AvgIpc) is 3.03. The van der Waals surface area contributed by atoms with Crippen molar-refractivity contribution in [3.63, 3.8) is 0 Å². The maximum atomic E-state index is 13.4. The molecule has 4 nitrogen and oxygen atoms in total. The number of likely N-dealkylation sites (N-methyl/N-ethyl adjacent to an activating group) is 1. The number of benzene rings is 2. The number of aromatic nitrogens is 1. The minimum absolute atomic E-state index is 0.0969. The van der Waals surface area contributed by atoms with E-state index in [2.05, 4.69) is 58.8 Å². The highest BCUT2D eigenvalue weighted by molar-refractivity contribution is 5.95. The van der Waals surface area contributed by atoms with Crippen LogP contribution >= 0.6 is 0 Å². The van der Waals surface area contributed by atoms with E-state index in [9.17, 15) is 4.79 Å². The van der Waals surface area contributed by atoms with Gasteiger partial charge >= 0.3 is 0 Å². The van der Waals surface area contributed by atoms with E-state index in [1.807, 2.05) is 35.0 Å².